The molecule has 2 aromatic heterocycles. The number of aryl methyl sites for hydroxylation is 1. The van der Waals surface area contributed by atoms with Crippen molar-refractivity contribution in [1.82, 2.24) is 20.1 Å². The Morgan fingerprint density at radius 3 is 3.16 bits per heavy atom. The van der Waals surface area contributed by atoms with E-state index in [2.05, 4.69) is 15.4 Å². The number of fused-ring (bicyclic) bond motifs is 3. The maximum absolute atomic E-state index is 12.3. The number of amides is 1. The van der Waals surface area contributed by atoms with Crippen molar-refractivity contribution in [2.45, 2.75) is 6.61 Å². The number of hydrogen-bond donors (Lipinski definition) is 2. The van der Waals surface area contributed by atoms with E-state index in [1.807, 2.05) is 36.8 Å². The Bertz CT molecular complexity index is 1060. The van der Waals surface area contributed by atoms with Gasteiger partial charge in [-0.3, -0.25) is 14.5 Å². The zero-order valence-electron chi connectivity index (χ0n) is 16.4. The first-order valence-corrected chi connectivity index (χ1v) is 7.64. The van der Waals surface area contributed by atoms with E-state index in [-0.39, 0.29) is 5.56 Å². The molecule has 0 atom stereocenters. The number of benzene rings is 1. The van der Waals surface area contributed by atoms with Crippen LogP contribution in [0.5, 0.6) is 5.75 Å². The van der Waals surface area contributed by atoms with E-state index in [4.69, 9.17) is 8.85 Å². The van der Waals surface area contributed by atoms with Crippen molar-refractivity contribution in [2.75, 3.05) is 12.3 Å². The highest BCUT2D eigenvalue weighted by molar-refractivity contribution is 6.00. The number of anilines is 2. The third-order valence-electron chi connectivity index (χ3n) is 4.00. The van der Waals surface area contributed by atoms with Gasteiger partial charge >= 0.3 is 0 Å². The lowest BCUT2D eigenvalue weighted by molar-refractivity contribution is 0.0963. The number of carbonyl (C=O) groups is 1. The van der Waals surface area contributed by atoms with E-state index in [1.54, 1.807) is 10.7 Å². The summed E-state index contributed by atoms with van der Waals surface area (Å²) in [5.41, 5.74) is 3.86. The van der Waals surface area contributed by atoms with Gasteiger partial charge in [-0.2, -0.15) is 5.10 Å². The molecule has 0 unspecified atom stereocenters. The van der Waals surface area contributed by atoms with Crippen LogP contribution in [0.2, 0.25) is 0 Å². The molecule has 1 aliphatic rings. The second-order valence-corrected chi connectivity index (χ2v) is 5.65. The first-order chi connectivity index (χ1) is 13.3. The van der Waals surface area contributed by atoms with Crippen LogP contribution in [0.15, 0.2) is 42.9 Å². The van der Waals surface area contributed by atoms with E-state index < -0.39 is 12.9 Å². The van der Waals surface area contributed by atoms with Crippen LogP contribution < -0.4 is 15.4 Å². The van der Waals surface area contributed by atoms with Crippen molar-refractivity contribution in [3.05, 3.63) is 54.0 Å². The number of para-hydroxylation sites is 1. The summed E-state index contributed by atoms with van der Waals surface area (Å²) in [4.78, 5) is 16.3. The summed E-state index contributed by atoms with van der Waals surface area (Å²) < 4.78 is 29.4. The fourth-order valence-electron chi connectivity index (χ4n) is 2.89. The average Bonchev–Trinajstić information content (AvgIpc) is 3.01. The highest BCUT2D eigenvalue weighted by Gasteiger charge is 2.23. The molecule has 25 heavy (non-hydrogen) atoms. The quantitative estimate of drug-likeness (QED) is 0.767. The van der Waals surface area contributed by atoms with Gasteiger partial charge in [-0.05, 0) is 18.2 Å². The van der Waals surface area contributed by atoms with Crippen molar-refractivity contribution < 1.29 is 13.6 Å². The average molecular weight is 338 g/mol. The summed E-state index contributed by atoms with van der Waals surface area (Å²) in [6, 6.07) is 7.19. The SMILES string of the molecule is [2H]C([2H])([2H])NC(=O)c1cnccc1Nc1cccc2c1OCc1cn(C)nc1-2. The van der Waals surface area contributed by atoms with Crippen LogP contribution in [0.4, 0.5) is 11.4 Å². The molecule has 1 amide bonds. The largest absolute Gasteiger partial charge is 0.486 e. The summed E-state index contributed by atoms with van der Waals surface area (Å²) in [5, 5.41) is 9.64. The molecule has 7 nitrogen and oxygen atoms in total. The minimum Gasteiger partial charge on any atom is -0.486 e. The molecule has 1 aromatic carbocycles. The van der Waals surface area contributed by atoms with Gasteiger partial charge in [-0.1, -0.05) is 6.07 Å². The standard InChI is InChI=1S/C18H17N5O2/c1-19-18(24)13-8-20-7-6-14(13)21-15-5-3-4-12-16-11(9-23(2)22-16)10-25-17(12)15/h3-9H,10H2,1-2H3,(H,19,24)(H,20,21)/i1D3. The van der Waals surface area contributed by atoms with Crippen LogP contribution in [0.3, 0.4) is 0 Å². The van der Waals surface area contributed by atoms with Crippen LogP contribution in [0, 0.1) is 0 Å². The Morgan fingerprint density at radius 2 is 2.28 bits per heavy atom. The second-order valence-electron chi connectivity index (χ2n) is 5.65. The van der Waals surface area contributed by atoms with Gasteiger partial charge < -0.3 is 15.4 Å². The summed E-state index contributed by atoms with van der Waals surface area (Å²) in [6.07, 6.45) is 4.75. The molecule has 0 aliphatic carbocycles. The first kappa shape index (κ1) is 12.1. The van der Waals surface area contributed by atoms with E-state index >= 15 is 0 Å². The predicted molar refractivity (Wildman–Crippen MR) is 93.9 cm³/mol. The summed E-state index contributed by atoms with van der Waals surface area (Å²) in [6.45, 7) is -2.20. The molecule has 2 N–H and O–H groups in total. The first-order valence-electron chi connectivity index (χ1n) is 9.14. The fourth-order valence-corrected chi connectivity index (χ4v) is 2.89. The number of rotatable bonds is 3. The van der Waals surface area contributed by atoms with E-state index in [0.717, 1.165) is 16.8 Å². The van der Waals surface area contributed by atoms with Crippen molar-refractivity contribution in [1.29, 1.82) is 0 Å². The second kappa shape index (κ2) is 5.94. The summed E-state index contributed by atoms with van der Waals surface area (Å²) in [7, 11) is 1.85. The molecular formula is C18H17N5O2. The smallest absolute Gasteiger partial charge is 0.254 e. The molecule has 0 spiro atoms. The van der Waals surface area contributed by atoms with E-state index in [9.17, 15) is 4.79 Å². The van der Waals surface area contributed by atoms with Gasteiger partial charge in [0.05, 0.1) is 16.9 Å². The number of aromatic nitrogens is 3. The van der Waals surface area contributed by atoms with Crippen molar-refractivity contribution >= 4 is 17.3 Å². The highest BCUT2D eigenvalue weighted by Crippen LogP contribution is 2.42. The van der Waals surface area contributed by atoms with Gasteiger partial charge in [0.1, 0.15) is 12.3 Å². The molecule has 3 heterocycles. The molecular weight excluding hydrogens is 318 g/mol. The Kier molecular flexibility index (Phi) is 2.87. The summed E-state index contributed by atoms with van der Waals surface area (Å²) >= 11 is 0. The van der Waals surface area contributed by atoms with Gasteiger partial charge in [-0.15, -0.1) is 0 Å². The van der Waals surface area contributed by atoms with Gasteiger partial charge in [0, 0.05) is 47.9 Å². The summed E-state index contributed by atoms with van der Waals surface area (Å²) in [5.74, 6) is -0.124. The molecule has 0 bridgehead atoms. The number of ether oxygens (including phenoxy) is 1. The maximum Gasteiger partial charge on any atom is 0.254 e. The monoisotopic (exact) mass is 338 g/mol. The van der Waals surface area contributed by atoms with E-state index in [1.165, 1.54) is 12.4 Å². The molecule has 0 saturated heterocycles. The third-order valence-corrected chi connectivity index (χ3v) is 4.00. The van der Waals surface area contributed by atoms with Crippen LogP contribution >= 0.6 is 0 Å². The Morgan fingerprint density at radius 1 is 1.36 bits per heavy atom. The topological polar surface area (TPSA) is 81.1 Å². The predicted octanol–water partition coefficient (Wildman–Crippen LogP) is 2.48. The lowest BCUT2D eigenvalue weighted by Gasteiger charge is -2.21. The van der Waals surface area contributed by atoms with Crippen LogP contribution in [0.1, 0.15) is 20.0 Å². The molecule has 3 aromatic rings. The number of nitrogens with zero attached hydrogens (tertiary/aromatic N) is 3. The normalized spacial score (nSPS) is 14.2. The van der Waals surface area contributed by atoms with Gasteiger partial charge in [0.25, 0.3) is 5.91 Å². The molecule has 0 radical (unpaired) electrons. The highest BCUT2D eigenvalue weighted by atomic mass is 16.5. The number of carbonyl (C=O) groups excluding carboxylic acids is 1. The zero-order chi connectivity index (χ0) is 19.9. The van der Waals surface area contributed by atoms with Gasteiger partial charge in [-0.25, -0.2) is 0 Å². The lowest BCUT2D eigenvalue weighted by Crippen LogP contribution is -2.19. The van der Waals surface area contributed by atoms with Gasteiger partial charge in [0.15, 0.2) is 5.75 Å². The third kappa shape index (κ3) is 2.59. The fraction of sp³-hybridized carbons (Fsp3) is 0.167. The lowest BCUT2D eigenvalue weighted by atomic mass is 10.0. The molecule has 0 saturated carbocycles. The zero-order valence-corrected chi connectivity index (χ0v) is 13.4. The molecule has 4 rings (SSSR count). The van der Waals surface area contributed by atoms with Crippen molar-refractivity contribution in [3.63, 3.8) is 0 Å². The molecule has 0 fully saturated rings. The minimum atomic E-state index is -2.59. The number of hydrogen-bond acceptors (Lipinski definition) is 5. The number of pyridine rings is 1. The Hall–Kier alpha value is -3.35. The van der Waals surface area contributed by atoms with Crippen LogP contribution in [-0.2, 0) is 13.7 Å². The van der Waals surface area contributed by atoms with E-state index in [0.29, 0.717) is 23.7 Å². The number of nitrogens with one attached hydrogen (secondary N) is 2. The minimum absolute atomic E-state index is 0.116. The molecule has 126 valence electrons. The van der Waals surface area contributed by atoms with Gasteiger partial charge in [0.2, 0.25) is 0 Å². The maximum atomic E-state index is 12.3. The van der Waals surface area contributed by atoms with Crippen molar-refractivity contribution in [3.8, 4) is 17.0 Å². The Labute approximate surface area is 148 Å². The molecule has 7 heteroatoms. The molecule has 1 aliphatic heterocycles. The Balaban J connectivity index is 1.70. The van der Waals surface area contributed by atoms with Crippen LogP contribution in [-0.4, -0.2) is 27.6 Å². The van der Waals surface area contributed by atoms with Crippen molar-refractivity contribution in [2.24, 2.45) is 7.05 Å². The van der Waals surface area contributed by atoms with Crippen LogP contribution in [0.25, 0.3) is 11.3 Å².